The highest BCUT2D eigenvalue weighted by Gasteiger charge is 2.05. The number of benzene rings is 2. The molecule has 0 bridgehead atoms. The molecule has 0 aliphatic heterocycles. The smallest absolute Gasteiger partial charge is 0.124 e. The Morgan fingerprint density at radius 1 is 1.00 bits per heavy atom. The van der Waals surface area contributed by atoms with Crippen molar-refractivity contribution in [2.24, 2.45) is 0 Å². The van der Waals surface area contributed by atoms with E-state index in [0.29, 0.717) is 17.5 Å². The number of ether oxygens (including phenoxy) is 1. The minimum absolute atomic E-state index is 0.392. The van der Waals surface area contributed by atoms with Crippen molar-refractivity contribution in [2.75, 3.05) is 0 Å². The normalized spacial score (nSPS) is 10.5. The van der Waals surface area contributed by atoms with Gasteiger partial charge in [0.25, 0.3) is 0 Å². The van der Waals surface area contributed by atoms with Crippen LogP contribution in [0.15, 0.2) is 36.4 Å². The van der Waals surface area contributed by atoms with Gasteiger partial charge in [0, 0.05) is 10.6 Å². The fraction of sp³-hybridized carbons (Fsp3) is 0.250. The summed E-state index contributed by atoms with van der Waals surface area (Å²) in [6, 6.07) is 11.8. The second-order valence-corrected chi connectivity index (χ2v) is 5.30. The van der Waals surface area contributed by atoms with E-state index in [1.807, 2.05) is 18.2 Å². The van der Waals surface area contributed by atoms with E-state index in [4.69, 9.17) is 27.9 Å². The van der Waals surface area contributed by atoms with Crippen molar-refractivity contribution >= 4 is 23.2 Å². The molecule has 2 rings (SSSR count). The fourth-order valence-electron chi connectivity index (χ4n) is 1.85. The molecule has 0 unspecified atom stereocenters. The van der Waals surface area contributed by atoms with Crippen molar-refractivity contribution in [3.8, 4) is 5.75 Å². The molecule has 0 aliphatic rings. The van der Waals surface area contributed by atoms with Crippen LogP contribution in [-0.2, 0) is 12.5 Å². The molecule has 2 aromatic rings. The van der Waals surface area contributed by atoms with Gasteiger partial charge in [-0.3, -0.25) is 0 Å². The average Bonchev–Trinajstić information content (AvgIpc) is 2.41. The lowest BCUT2D eigenvalue weighted by Gasteiger charge is -2.11. The third-order valence-electron chi connectivity index (χ3n) is 3.13. The van der Waals surface area contributed by atoms with Gasteiger partial charge in [0.1, 0.15) is 12.4 Å². The highest BCUT2D eigenvalue weighted by molar-refractivity contribution is 6.30. The molecule has 0 fully saturated rings. The largest absolute Gasteiger partial charge is 0.489 e. The number of alkyl halides is 1. The SMILES string of the molecule is Cc1ccc(COc2ccc(Cl)cc2CCl)cc1C. The van der Waals surface area contributed by atoms with Crippen molar-refractivity contribution in [3.63, 3.8) is 0 Å². The highest BCUT2D eigenvalue weighted by Crippen LogP contribution is 2.25. The third-order valence-corrected chi connectivity index (χ3v) is 3.66. The number of hydrogen-bond donors (Lipinski definition) is 0. The zero-order valence-electron chi connectivity index (χ0n) is 11.0. The van der Waals surface area contributed by atoms with Crippen molar-refractivity contribution in [3.05, 3.63) is 63.7 Å². The summed E-state index contributed by atoms with van der Waals surface area (Å²) in [7, 11) is 0. The van der Waals surface area contributed by atoms with Gasteiger partial charge in [0.05, 0.1) is 5.88 Å². The lowest BCUT2D eigenvalue weighted by molar-refractivity contribution is 0.304. The Kier molecular flexibility index (Phi) is 4.73. The quantitative estimate of drug-likeness (QED) is 0.698. The van der Waals surface area contributed by atoms with E-state index < -0.39 is 0 Å². The van der Waals surface area contributed by atoms with Crippen LogP contribution in [0.1, 0.15) is 22.3 Å². The Labute approximate surface area is 124 Å². The Morgan fingerprint density at radius 3 is 2.47 bits per heavy atom. The van der Waals surface area contributed by atoms with E-state index in [9.17, 15) is 0 Å². The Balaban J connectivity index is 2.12. The summed E-state index contributed by atoms with van der Waals surface area (Å²) in [5, 5.41) is 0.675. The van der Waals surface area contributed by atoms with Gasteiger partial charge in [-0.25, -0.2) is 0 Å². The average molecular weight is 295 g/mol. The standard InChI is InChI=1S/C16H16Cl2O/c1-11-3-4-13(7-12(11)2)10-19-16-6-5-15(18)8-14(16)9-17/h3-8H,9-10H2,1-2H3. The second kappa shape index (κ2) is 6.31. The molecule has 0 radical (unpaired) electrons. The van der Waals surface area contributed by atoms with E-state index in [0.717, 1.165) is 16.9 Å². The van der Waals surface area contributed by atoms with Gasteiger partial charge in [-0.1, -0.05) is 29.8 Å². The van der Waals surface area contributed by atoms with Crippen LogP contribution in [0.3, 0.4) is 0 Å². The van der Waals surface area contributed by atoms with Crippen molar-refractivity contribution in [1.82, 2.24) is 0 Å². The number of aryl methyl sites for hydroxylation is 2. The molecule has 0 atom stereocenters. The van der Waals surface area contributed by atoms with Crippen LogP contribution in [0.4, 0.5) is 0 Å². The number of hydrogen-bond acceptors (Lipinski definition) is 1. The van der Waals surface area contributed by atoms with Crippen LogP contribution in [-0.4, -0.2) is 0 Å². The maximum absolute atomic E-state index is 5.94. The molecule has 2 aromatic carbocycles. The summed E-state index contributed by atoms with van der Waals surface area (Å²) in [6.45, 7) is 4.74. The lowest BCUT2D eigenvalue weighted by Crippen LogP contribution is -1.98. The molecular weight excluding hydrogens is 279 g/mol. The Hall–Kier alpha value is -1.18. The summed E-state index contributed by atoms with van der Waals surface area (Å²) >= 11 is 11.8. The molecule has 0 N–H and O–H groups in total. The van der Waals surface area contributed by atoms with Crippen molar-refractivity contribution in [1.29, 1.82) is 0 Å². The van der Waals surface area contributed by atoms with Gasteiger partial charge in [-0.2, -0.15) is 0 Å². The van der Waals surface area contributed by atoms with E-state index in [2.05, 4.69) is 32.0 Å². The molecule has 0 saturated heterocycles. The van der Waals surface area contributed by atoms with Crippen LogP contribution >= 0.6 is 23.2 Å². The summed E-state index contributed by atoms with van der Waals surface area (Å²) in [5.41, 5.74) is 4.63. The first kappa shape index (κ1) is 14.2. The molecule has 1 nitrogen and oxygen atoms in total. The van der Waals surface area contributed by atoms with E-state index in [1.54, 1.807) is 0 Å². The molecule has 0 aromatic heterocycles. The van der Waals surface area contributed by atoms with Crippen LogP contribution in [0.25, 0.3) is 0 Å². The molecule has 0 aliphatic carbocycles. The molecule has 100 valence electrons. The predicted molar refractivity (Wildman–Crippen MR) is 81.3 cm³/mol. The third kappa shape index (κ3) is 3.65. The molecule has 0 saturated carbocycles. The molecule has 0 heterocycles. The lowest BCUT2D eigenvalue weighted by atomic mass is 10.1. The Morgan fingerprint density at radius 2 is 1.79 bits per heavy atom. The highest BCUT2D eigenvalue weighted by atomic mass is 35.5. The summed E-state index contributed by atoms with van der Waals surface area (Å²) in [4.78, 5) is 0. The van der Waals surface area contributed by atoms with Crippen LogP contribution < -0.4 is 4.74 Å². The number of halogens is 2. The van der Waals surface area contributed by atoms with Gasteiger partial charge in [0.15, 0.2) is 0 Å². The maximum atomic E-state index is 5.94. The minimum atomic E-state index is 0.392. The van der Waals surface area contributed by atoms with Gasteiger partial charge in [0.2, 0.25) is 0 Å². The monoisotopic (exact) mass is 294 g/mol. The molecule has 19 heavy (non-hydrogen) atoms. The van der Waals surface area contributed by atoms with Gasteiger partial charge in [-0.05, 0) is 48.7 Å². The van der Waals surface area contributed by atoms with Crippen LogP contribution in [0.5, 0.6) is 5.75 Å². The van der Waals surface area contributed by atoms with Crippen LogP contribution in [0.2, 0.25) is 5.02 Å². The molecule has 0 spiro atoms. The van der Waals surface area contributed by atoms with Crippen molar-refractivity contribution in [2.45, 2.75) is 26.3 Å². The first-order chi connectivity index (χ1) is 9.10. The van der Waals surface area contributed by atoms with Crippen molar-refractivity contribution < 1.29 is 4.74 Å². The maximum Gasteiger partial charge on any atom is 0.124 e. The zero-order valence-corrected chi connectivity index (χ0v) is 12.6. The van der Waals surface area contributed by atoms with Crippen LogP contribution in [0, 0.1) is 13.8 Å². The second-order valence-electron chi connectivity index (χ2n) is 4.59. The molecular formula is C16H16Cl2O. The van der Waals surface area contributed by atoms with Gasteiger partial charge < -0.3 is 4.74 Å². The topological polar surface area (TPSA) is 9.23 Å². The number of rotatable bonds is 4. The van der Waals surface area contributed by atoms with Gasteiger partial charge >= 0.3 is 0 Å². The van der Waals surface area contributed by atoms with E-state index in [-0.39, 0.29) is 0 Å². The fourth-order valence-corrected chi connectivity index (χ4v) is 2.25. The zero-order chi connectivity index (χ0) is 13.8. The minimum Gasteiger partial charge on any atom is -0.489 e. The summed E-state index contributed by atoms with van der Waals surface area (Å²) < 4.78 is 5.82. The van der Waals surface area contributed by atoms with E-state index in [1.165, 1.54) is 11.1 Å². The predicted octanol–water partition coefficient (Wildman–Crippen LogP) is 5.27. The summed E-state index contributed by atoms with van der Waals surface area (Å²) in [5.74, 6) is 1.18. The van der Waals surface area contributed by atoms with E-state index >= 15 is 0 Å². The molecule has 3 heteroatoms. The molecule has 0 amide bonds. The summed E-state index contributed by atoms with van der Waals surface area (Å²) in [6.07, 6.45) is 0. The Bertz CT molecular complexity index is 579. The van der Waals surface area contributed by atoms with Gasteiger partial charge in [-0.15, -0.1) is 11.6 Å². The first-order valence-corrected chi connectivity index (χ1v) is 7.04. The first-order valence-electron chi connectivity index (χ1n) is 6.13.